The van der Waals surface area contributed by atoms with E-state index >= 15 is 0 Å². The Morgan fingerprint density at radius 1 is 1.06 bits per heavy atom. The molecule has 0 unspecified atom stereocenters. The van der Waals surface area contributed by atoms with Crippen molar-refractivity contribution in [2.24, 2.45) is 0 Å². The lowest BCUT2D eigenvalue weighted by atomic mass is 10.00. The molecule has 0 radical (unpaired) electrons. The summed E-state index contributed by atoms with van der Waals surface area (Å²) < 4.78 is 14.5. The first kappa shape index (κ1) is 11.1. The van der Waals surface area contributed by atoms with Crippen molar-refractivity contribution >= 4 is 15.9 Å². The summed E-state index contributed by atoms with van der Waals surface area (Å²) in [7, 11) is 0. The maximum atomic E-state index is 13.7. The van der Waals surface area contributed by atoms with Crippen molar-refractivity contribution in [1.29, 1.82) is 0 Å². The molecule has 0 amide bonds. The minimum absolute atomic E-state index is 0.191. The summed E-state index contributed by atoms with van der Waals surface area (Å²) in [6, 6.07) is 9.71. The Bertz CT molecular complexity index is 537. The Hall–Kier alpha value is -1.35. The molecule has 0 aliphatic carbocycles. The summed E-state index contributed by atoms with van der Waals surface area (Å²) in [4.78, 5) is 0. The monoisotopic (exact) mass is 280 g/mol. The van der Waals surface area contributed by atoms with Crippen molar-refractivity contribution in [1.82, 2.24) is 0 Å². The molecule has 0 saturated carbocycles. The van der Waals surface area contributed by atoms with Gasteiger partial charge >= 0.3 is 0 Å². The van der Waals surface area contributed by atoms with Crippen molar-refractivity contribution in [2.75, 3.05) is 0 Å². The molecule has 0 saturated heterocycles. The molecule has 1 nitrogen and oxygen atoms in total. The van der Waals surface area contributed by atoms with Crippen LogP contribution in [0.15, 0.2) is 40.9 Å². The van der Waals surface area contributed by atoms with Gasteiger partial charge in [0.2, 0.25) is 0 Å². The average Bonchev–Trinajstić information content (AvgIpc) is 2.22. The van der Waals surface area contributed by atoms with E-state index < -0.39 is 0 Å². The fourth-order valence-electron chi connectivity index (χ4n) is 1.65. The van der Waals surface area contributed by atoms with Gasteiger partial charge in [0.05, 0.1) is 0 Å². The molecule has 0 aliphatic rings. The van der Waals surface area contributed by atoms with E-state index in [-0.39, 0.29) is 11.6 Å². The lowest BCUT2D eigenvalue weighted by molar-refractivity contribution is 0.475. The van der Waals surface area contributed by atoms with E-state index in [4.69, 9.17) is 0 Å². The minimum Gasteiger partial charge on any atom is -0.508 e. The van der Waals surface area contributed by atoms with E-state index in [9.17, 15) is 9.50 Å². The van der Waals surface area contributed by atoms with Gasteiger partial charge < -0.3 is 5.11 Å². The molecular formula is C13H10BrFO. The predicted molar refractivity (Wildman–Crippen MR) is 65.9 cm³/mol. The quantitative estimate of drug-likeness (QED) is 0.827. The van der Waals surface area contributed by atoms with Gasteiger partial charge in [0.25, 0.3) is 0 Å². The van der Waals surface area contributed by atoms with Crippen LogP contribution in [0, 0.1) is 12.7 Å². The van der Waals surface area contributed by atoms with Crippen molar-refractivity contribution < 1.29 is 9.50 Å². The van der Waals surface area contributed by atoms with Crippen LogP contribution in [0.1, 0.15) is 5.56 Å². The summed E-state index contributed by atoms with van der Waals surface area (Å²) in [5, 5.41) is 9.31. The zero-order valence-electron chi connectivity index (χ0n) is 8.67. The Labute approximate surface area is 102 Å². The van der Waals surface area contributed by atoms with Gasteiger partial charge in [0.15, 0.2) is 0 Å². The van der Waals surface area contributed by atoms with E-state index in [1.165, 1.54) is 6.07 Å². The van der Waals surface area contributed by atoms with Crippen LogP contribution in [-0.2, 0) is 0 Å². The summed E-state index contributed by atoms with van der Waals surface area (Å²) >= 11 is 3.32. The number of aromatic hydroxyl groups is 1. The first-order valence-corrected chi connectivity index (χ1v) is 5.62. The Kier molecular flexibility index (Phi) is 2.97. The minimum atomic E-state index is -0.267. The third kappa shape index (κ3) is 2.09. The highest BCUT2D eigenvalue weighted by atomic mass is 79.9. The van der Waals surface area contributed by atoms with Gasteiger partial charge in [-0.1, -0.05) is 22.0 Å². The predicted octanol–water partition coefficient (Wildman–Crippen LogP) is 4.27. The lowest BCUT2D eigenvalue weighted by Crippen LogP contribution is -1.87. The van der Waals surface area contributed by atoms with Crippen molar-refractivity contribution in [3.63, 3.8) is 0 Å². The maximum absolute atomic E-state index is 13.7. The zero-order chi connectivity index (χ0) is 11.7. The second kappa shape index (κ2) is 4.26. The number of halogens is 2. The number of benzene rings is 2. The molecular weight excluding hydrogens is 271 g/mol. The Balaban J connectivity index is 2.62. The molecule has 0 aliphatic heterocycles. The molecule has 1 N–H and O–H groups in total. The van der Waals surface area contributed by atoms with E-state index in [0.29, 0.717) is 5.56 Å². The second-order valence-electron chi connectivity index (χ2n) is 3.62. The summed E-state index contributed by atoms with van der Waals surface area (Å²) in [6.45, 7) is 1.84. The first-order valence-electron chi connectivity index (χ1n) is 4.83. The molecule has 0 atom stereocenters. The van der Waals surface area contributed by atoms with E-state index in [0.717, 1.165) is 15.6 Å². The van der Waals surface area contributed by atoms with Gasteiger partial charge in [-0.05, 0) is 48.4 Å². The standard InChI is InChI=1S/C13H10BrFO/c1-8-6-10(16)3-4-11(8)12-7-9(14)2-5-13(12)15/h2-7,16H,1H3. The van der Waals surface area contributed by atoms with Crippen LogP contribution in [0.3, 0.4) is 0 Å². The molecule has 0 heterocycles. The van der Waals surface area contributed by atoms with Crippen LogP contribution in [0.25, 0.3) is 11.1 Å². The van der Waals surface area contributed by atoms with Gasteiger partial charge in [-0.25, -0.2) is 4.39 Å². The van der Waals surface area contributed by atoms with Crippen molar-refractivity contribution in [3.8, 4) is 16.9 Å². The van der Waals surface area contributed by atoms with Gasteiger partial charge in [-0.15, -0.1) is 0 Å². The molecule has 0 fully saturated rings. The number of hydrogen-bond donors (Lipinski definition) is 1. The Morgan fingerprint density at radius 3 is 2.50 bits per heavy atom. The summed E-state index contributed by atoms with van der Waals surface area (Å²) in [5.74, 6) is -0.0753. The molecule has 2 rings (SSSR count). The molecule has 3 heteroatoms. The smallest absolute Gasteiger partial charge is 0.131 e. The van der Waals surface area contributed by atoms with Crippen molar-refractivity contribution in [2.45, 2.75) is 6.92 Å². The second-order valence-corrected chi connectivity index (χ2v) is 4.54. The normalized spacial score (nSPS) is 10.4. The van der Waals surface area contributed by atoms with Crippen LogP contribution in [0.2, 0.25) is 0 Å². The highest BCUT2D eigenvalue weighted by Gasteiger charge is 2.08. The molecule has 16 heavy (non-hydrogen) atoms. The van der Waals surface area contributed by atoms with Crippen LogP contribution in [0.4, 0.5) is 4.39 Å². The average molecular weight is 281 g/mol. The third-order valence-electron chi connectivity index (χ3n) is 2.43. The molecule has 0 aromatic heterocycles. The summed E-state index contributed by atoms with van der Waals surface area (Å²) in [6.07, 6.45) is 0. The Morgan fingerprint density at radius 2 is 1.81 bits per heavy atom. The largest absolute Gasteiger partial charge is 0.508 e. The first-order chi connectivity index (χ1) is 7.58. The molecule has 0 spiro atoms. The van der Waals surface area contributed by atoms with Gasteiger partial charge in [-0.2, -0.15) is 0 Å². The maximum Gasteiger partial charge on any atom is 0.131 e. The molecule has 0 bridgehead atoms. The van der Waals surface area contributed by atoms with E-state index in [1.807, 2.05) is 6.92 Å². The third-order valence-corrected chi connectivity index (χ3v) is 2.92. The highest BCUT2D eigenvalue weighted by Crippen LogP contribution is 2.30. The van der Waals surface area contributed by atoms with Crippen molar-refractivity contribution in [3.05, 3.63) is 52.3 Å². The van der Waals surface area contributed by atoms with Crippen LogP contribution >= 0.6 is 15.9 Å². The number of rotatable bonds is 1. The van der Waals surface area contributed by atoms with E-state index in [1.54, 1.807) is 30.3 Å². The fraction of sp³-hybridized carbons (Fsp3) is 0.0769. The van der Waals surface area contributed by atoms with Gasteiger partial charge in [0.1, 0.15) is 11.6 Å². The molecule has 2 aromatic carbocycles. The SMILES string of the molecule is Cc1cc(O)ccc1-c1cc(Br)ccc1F. The molecule has 2 aromatic rings. The zero-order valence-corrected chi connectivity index (χ0v) is 10.3. The van der Waals surface area contributed by atoms with E-state index in [2.05, 4.69) is 15.9 Å². The summed E-state index contributed by atoms with van der Waals surface area (Å²) in [5.41, 5.74) is 2.17. The van der Waals surface area contributed by atoms with Gasteiger partial charge in [-0.3, -0.25) is 0 Å². The lowest BCUT2D eigenvalue weighted by Gasteiger charge is -2.08. The van der Waals surface area contributed by atoms with Crippen LogP contribution in [-0.4, -0.2) is 5.11 Å². The van der Waals surface area contributed by atoms with Crippen LogP contribution in [0.5, 0.6) is 5.75 Å². The number of aryl methyl sites for hydroxylation is 1. The number of phenols is 1. The highest BCUT2D eigenvalue weighted by molar-refractivity contribution is 9.10. The fourth-order valence-corrected chi connectivity index (χ4v) is 2.02. The number of phenolic OH excluding ortho intramolecular Hbond substituents is 1. The topological polar surface area (TPSA) is 20.2 Å². The van der Waals surface area contributed by atoms with Crippen LogP contribution < -0.4 is 0 Å². The number of hydrogen-bond acceptors (Lipinski definition) is 1. The molecule has 82 valence electrons. The van der Waals surface area contributed by atoms with Gasteiger partial charge in [0, 0.05) is 10.0 Å².